The van der Waals surface area contributed by atoms with Crippen LogP contribution in [0.2, 0.25) is 0 Å². The summed E-state index contributed by atoms with van der Waals surface area (Å²) in [5, 5.41) is 6.89. The molecule has 3 aromatic heterocycles. The van der Waals surface area contributed by atoms with Crippen LogP contribution in [0.25, 0.3) is 11.5 Å². The second kappa shape index (κ2) is 8.46. The second-order valence-electron chi connectivity index (χ2n) is 7.24. The number of oxazole rings is 1. The molecule has 1 saturated heterocycles. The summed E-state index contributed by atoms with van der Waals surface area (Å²) in [7, 11) is 0. The minimum Gasteiger partial charge on any atom is -0.444 e. The molecule has 0 aromatic carbocycles. The standard InChI is InChI=1S/C20H22N6O4/c1-12-7-14(4-5-22-12)20-24-16(11-30-20)19(28)23-15-9-26(25-17(15)18(21)27)8-13-3-2-6-29-10-13/h4-5,7,9,11,13H,2-3,6,8,10H2,1H3,(H2,21,27)(H,23,28). The van der Waals surface area contributed by atoms with Gasteiger partial charge in [0.05, 0.1) is 12.3 Å². The molecule has 1 aliphatic heterocycles. The van der Waals surface area contributed by atoms with Crippen molar-refractivity contribution >= 4 is 17.5 Å². The Morgan fingerprint density at radius 1 is 1.40 bits per heavy atom. The maximum atomic E-state index is 12.6. The van der Waals surface area contributed by atoms with E-state index >= 15 is 0 Å². The van der Waals surface area contributed by atoms with E-state index in [2.05, 4.69) is 20.4 Å². The highest BCUT2D eigenvalue weighted by atomic mass is 16.5. The molecule has 0 saturated carbocycles. The van der Waals surface area contributed by atoms with E-state index in [1.807, 2.05) is 6.92 Å². The lowest BCUT2D eigenvalue weighted by atomic mass is 10.0. The fourth-order valence-electron chi connectivity index (χ4n) is 3.38. The van der Waals surface area contributed by atoms with Crippen molar-refractivity contribution in [1.29, 1.82) is 0 Å². The van der Waals surface area contributed by atoms with Crippen LogP contribution in [0.3, 0.4) is 0 Å². The Bertz CT molecular complexity index is 1070. The molecule has 0 aliphatic carbocycles. The van der Waals surface area contributed by atoms with E-state index in [4.69, 9.17) is 14.9 Å². The third kappa shape index (κ3) is 4.38. The van der Waals surface area contributed by atoms with Crippen LogP contribution in [-0.4, -0.2) is 44.8 Å². The molecule has 1 atom stereocenters. The van der Waals surface area contributed by atoms with Gasteiger partial charge < -0.3 is 20.2 Å². The van der Waals surface area contributed by atoms with E-state index < -0.39 is 11.8 Å². The number of amides is 2. The van der Waals surface area contributed by atoms with Crippen molar-refractivity contribution in [2.75, 3.05) is 18.5 Å². The van der Waals surface area contributed by atoms with Gasteiger partial charge in [0.25, 0.3) is 11.8 Å². The zero-order chi connectivity index (χ0) is 21.1. The van der Waals surface area contributed by atoms with Gasteiger partial charge >= 0.3 is 0 Å². The molecule has 30 heavy (non-hydrogen) atoms. The molecule has 10 heteroatoms. The maximum Gasteiger partial charge on any atom is 0.277 e. The number of rotatable bonds is 6. The number of ether oxygens (including phenoxy) is 1. The van der Waals surface area contributed by atoms with Crippen LogP contribution in [-0.2, 0) is 11.3 Å². The van der Waals surface area contributed by atoms with Gasteiger partial charge in [0.15, 0.2) is 11.4 Å². The average Bonchev–Trinajstić information content (AvgIpc) is 3.36. The van der Waals surface area contributed by atoms with Gasteiger partial charge in [0, 0.05) is 42.7 Å². The molecule has 2 amide bonds. The SMILES string of the molecule is Cc1cc(-c2nc(C(=O)Nc3cn(CC4CCCOC4)nc3C(N)=O)co2)ccn1. The number of primary amides is 1. The van der Waals surface area contributed by atoms with E-state index in [-0.39, 0.29) is 17.1 Å². The Balaban J connectivity index is 1.50. The molecule has 0 radical (unpaired) electrons. The number of nitrogens with two attached hydrogens (primary N) is 1. The number of carbonyl (C=O) groups is 2. The van der Waals surface area contributed by atoms with Crippen LogP contribution in [0, 0.1) is 12.8 Å². The van der Waals surface area contributed by atoms with Gasteiger partial charge in [-0.1, -0.05) is 0 Å². The lowest BCUT2D eigenvalue weighted by Crippen LogP contribution is -2.22. The van der Waals surface area contributed by atoms with Crippen molar-refractivity contribution in [2.45, 2.75) is 26.3 Å². The molecule has 1 unspecified atom stereocenters. The second-order valence-corrected chi connectivity index (χ2v) is 7.24. The quantitative estimate of drug-likeness (QED) is 0.634. The monoisotopic (exact) mass is 410 g/mol. The van der Waals surface area contributed by atoms with E-state index in [0.29, 0.717) is 30.5 Å². The summed E-state index contributed by atoms with van der Waals surface area (Å²) in [6.07, 6.45) is 6.50. The van der Waals surface area contributed by atoms with Crippen molar-refractivity contribution in [3.8, 4) is 11.5 Å². The van der Waals surface area contributed by atoms with Crippen molar-refractivity contribution in [3.63, 3.8) is 0 Å². The summed E-state index contributed by atoms with van der Waals surface area (Å²) >= 11 is 0. The number of anilines is 1. The Kier molecular flexibility index (Phi) is 5.57. The topological polar surface area (TPSA) is 138 Å². The van der Waals surface area contributed by atoms with Crippen LogP contribution >= 0.6 is 0 Å². The molecule has 3 N–H and O–H groups in total. The molecule has 4 heterocycles. The first-order chi connectivity index (χ1) is 14.5. The molecule has 0 bridgehead atoms. The summed E-state index contributed by atoms with van der Waals surface area (Å²) in [6, 6.07) is 3.54. The molecule has 10 nitrogen and oxygen atoms in total. The van der Waals surface area contributed by atoms with Gasteiger partial charge in [-0.25, -0.2) is 4.98 Å². The summed E-state index contributed by atoms with van der Waals surface area (Å²) in [6.45, 7) is 3.83. The molecule has 156 valence electrons. The minimum absolute atomic E-state index is 0.00597. The smallest absolute Gasteiger partial charge is 0.277 e. The van der Waals surface area contributed by atoms with Gasteiger partial charge in [-0.15, -0.1) is 0 Å². The Morgan fingerprint density at radius 2 is 2.27 bits per heavy atom. The summed E-state index contributed by atoms with van der Waals surface area (Å²) < 4.78 is 12.5. The Morgan fingerprint density at radius 3 is 3.00 bits per heavy atom. The van der Waals surface area contributed by atoms with E-state index in [0.717, 1.165) is 25.1 Å². The van der Waals surface area contributed by atoms with E-state index in [9.17, 15) is 9.59 Å². The largest absolute Gasteiger partial charge is 0.444 e. The zero-order valence-electron chi connectivity index (χ0n) is 16.5. The molecular formula is C20H22N6O4. The van der Waals surface area contributed by atoms with Gasteiger partial charge in [-0.3, -0.25) is 19.3 Å². The highest BCUT2D eigenvalue weighted by Crippen LogP contribution is 2.21. The lowest BCUT2D eigenvalue weighted by molar-refractivity contribution is 0.0469. The van der Waals surface area contributed by atoms with Crippen LogP contribution < -0.4 is 11.1 Å². The normalized spacial score (nSPS) is 16.4. The number of nitrogens with zero attached hydrogens (tertiary/aromatic N) is 4. The molecular weight excluding hydrogens is 388 g/mol. The van der Waals surface area contributed by atoms with Crippen LogP contribution in [0.15, 0.2) is 35.2 Å². The molecule has 1 aliphatic rings. The number of aryl methyl sites for hydroxylation is 1. The zero-order valence-corrected chi connectivity index (χ0v) is 16.5. The predicted molar refractivity (Wildman–Crippen MR) is 107 cm³/mol. The lowest BCUT2D eigenvalue weighted by Gasteiger charge is -2.21. The summed E-state index contributed by atoms with van der Waals surface area (Å²) in [5.74, 6) is -0.658. The highest BCUT2D eigenvalue weighted by Gasteiger charge is 2.22. The minimum atomic E-state index is -0.725. The fourth-order valence-corrected chi connectivity index (χ4v) is 3.38. The van der Waals surface area contributed by atoms with Crippen molar-refractivity contribution < 1.29 is 18.7 Å². The van der Waals surface area contributed by atoms with Crippen molar-refractivity contribution in [2.24, 2.45) is 11.7 Å². The first kappa shape index (κ1) is 19.8. The first-order valence-corrected chi connectivity index (χ1v) is 9.64. The van der Waals surface area contributed by atoms with Gasteiger partial charge in [-0.2, -0.15) is 5.10 Å². The number of pyridine rings is 1. The first-order valence-electron chi connectivity index (χ1n) is 9.64. The summed E-state index contributed by atoms with van der Waals surface area (Å²) in [5.41, 5.74) is 7.25. The number of carbonyl (C=O) groups excluding carboxylic acids is 2. The molecule has 4 rings (SSSR count). The third-order valence-electron chi connectivity index (χ3n) is 4.82. The third-order valence-corrected chi connectivity index (χ3v) is 4.82. The number of nitrogens with one attached hydrogen (secondary N) is 1. The van der Waals surface area contributed by atoms with Gasteiger partial charge in [0.1, 0.15) is 6.26 Å². The molecule has 1 fully saturated rings. The van der Waals surface area contributed by atoms with Crippen molar-refractivity contribution in [1.82, 2.24) is 19.7 Å². The van der Waals surface area contributed by atoms with Crippen molar-refractivity contribution in [3.05, 3.63) is 47.9 Å². The van der Waals surface area contributed by atoms with Crippen LogP contribution in [0.5, 0.6) is 0 Å². The number of hydrogen-bond acceptors (Lipinski definition) is 7. The maximum absolute atomic E-state index is 12.6. The average molecular weight is 410 g/mol. The van der Waals surface area contributed by atoms with Crippen LogP contribution in [0.4, 0.5) is 5.69 Å². The molecule has 0 spiro atoms. The number of hydrogen-bond donors (Lipinski definition) is 2. The Hall–Kier alpha value is -3.53. The predicted octanol–water partition coefficient (Wildman–Crippen LogP) is 2.02. The van der Waals surface area contributed by atoms with Gasteiger partial charge in [-0.05, 0) is 31.9 Å². The van der Waals surface area contributed by atoms with E-state index in [1.165, 1.54) is 6.26 Å². The van der Waals surface area contributed by atoms with Gasteiger partial charge in [0.2, 0.25) is 5.89 Å². The highest BCUT2D eigenvalue weighted by molar-refractivity contribution is 6.07. The summed E-state index contributed by atoms with van der Waals surface area (Å²) in [4.78, 5) is 32.8. The Labute approximate surface area is 172 Å². The van der Waals surface area contributed by atoms with E-state index in [1.54, 1.807) is 29.2 Å². The molecule has 3 aromatic rings. The number of aromatic nitrogens is 4. The fraction of sp³-hybridized carbons (Fsp3) is 0.350. The van der Waals surface area contributed by atoms with Crippen LogP contribution in [0.1, 0.15) is 39.5 Å².